The van der Waals surface area contributed by atoms with E-state index in [9.17, 15) is 0 Å². The van der Waals surface area contributed by atoms with E-state index in [1.165, 1.54) is 18.4 Å². The van der Waals surface area contributed by atoms with Crippen LogP contribution in [0.15, 0.2) is 24.5 Å². The molecule has 1 fully saturated rings. The summed E-state index contributed by atoms with van der Waals surface area (Å²) in [4.78, 5) is 4.11. The molecule has 0 saturated heterocycles. The highest BCUT2D eigenvalue weighted by Crippen LogP contribution is 2.55. The number of hydrogen-bond donors (Lipinski definition) is 0. The largest absolute Gasteiger partial charge is 0.376 e. The fraction of sp³-hybridized carbons (Fsp3) is 0.545. The lowest BCUT2D eigenvalue weighted by molar-refractivity contribution is 0.0463. The quantitative estimate of drug-likeness (QED) is 0.708. The van der Waals surface area contributed by atoms with E-state index in [-0.39, 0.29) is 6.10 Å². The van der Waals surface area contributed by atoms with E-state index in [0.29, 0.717) is 5.41 Å². The molecule has 0 amide bonds. The van der Waals surface area contributed by atoms with Gasteiger partial charge in [-0.2, -0.15) is 0 Å². The van der Waals surface area contributed by atoms with Crippen molar-refractivity contribution in [3.63, 3.8) is 0 Å². The van der Waals surface area contributed by atoms with Gasteiger partial charge >= 0.3 is 0 Å². The maximum absolute atomic E-state index is 5.52. The van der Waals surface area contributed by atoms with Crippen molar-refractivity contribution >= 4 is 0 Å². The Morgan fingerprint density at radius 1 is 1.54 bits per heavy atom. The fourth-order valence-corrected chi connectivity index (χ4v) is 1.81. The summed E-state index contributed by atoms with van der Waals surface area (Å²) in [7, 11) is 1.78. The Balaban J connectivity index is 2.23. The molecule has 13 heavy (non-hydrogen) atoms. The maximum Gasteiger partial charge on any atom is 0.0889 e. The number of pyridine rings is 1. The molecule has 1 aromatic rings. The minimum Gasteiger partial charge on any atom is -0.376 e. The number of hydrogen-bond acceptors (Lipinski definition) is 2. The zero-order valence-electron chi connectivity index (χ0n) is 8.16. The topological polar surface area (TPSA) is 22.1 Å². The summed E-state index contributed by atoms with van der Waals surface area (Å²) in [6.07, 6.45) is 6.45. The molecular formula is C11H15NO. The minimum atomic E-state index is 0.223. The molecule has 1 unspecified atom stereocenters. The van der Waals surface area contributed by atoms with Crippen LogP contribution in [0.25, 0.3) is 0 Å². The molecule has 1 aliphatic carbocycles. The highest BCUT2D eigenvalue weighted by Gasteiger charge is 2.45. The number of methoxy groups -OCH3 is 1. The second-order valence-corrected chi connectivity index (χ2v) is 4.06. The third-order valence-corrected chi connectivity index (χ3v) is 2.89. The van der Waals surface area contributed by atoms with Crippen LogP contribution in [0, 0.1) is 5.41 Å². The minimum absolute atomic E-state index is 0.223. The van der Waals surface area contributed by atoms with Crippen molar-refractivity contribution in [3.8, 4) is 0 Å². The molecule has 0 aromatic carbocycles. The maximum atomic E-state index is 5.52. The summed E-state index contributed by atoms with van der Waals surface area (Å²) >= 11 is 0. The Hall–Kier alpha value is -0.890. The van der Waals surface area contributed by atoms with Gasteiger partial charge in [0, 0.05) is 19.5 Å². The van der Waals surface area contributed by atoms with Gasteiger partial charge in [0.05, 0.1) is 6.10 Å². The van der Waals surface area contributed by atoms with Gasteiger partial charge in [-0.1, -0.05) is 13.0 Å². The standard InChI is InChI=1S/C11H15NO/c1-11(5-6-11)10(13-2)9-4-3-7-12-8-9/h3-4,7-8,10H,5-6H2,1-2H3. The smallest absolute Gasteiger partial charge is 0.0889 e. The second kappa shape index (κ2) is 3.11. The van der Waals surface area contributed by atoms with E-state index in [1.807, 2.05) is 12.3 Å². The van der Waals surface area contributed by atoms with Crippen molar-refractivity contribution in [1.82, 2.24) is 4.98 Å². The van der Waals surface area contributed by atoms with E-state index in [4.69, 9.17) is 4.74 Å². The van der Waals surface area contributed by atoms with Crippen LogP contribution in [0.2, 0.25) is 0 Å². The summed E-state index contributed by atoms with van der Waals surface area (Å²) < 4.78 is 5.52. The second-order valence-electron chi connectivity index (χ2n) is 4.06. The number of rotatable bonds is 3. The van der Waals surface area contributed by atoms with Crippen LogP contribution in [-0.2, 0) is 4.74 Å². The van der Waals surface area contributed by atoms with E-state index in [1.54, 1.807) is 13.3 Å². The van der Waals surface area contributed by atoms with Crippen LogP contribution in [0.4, 0.5) is 0 Å². The van der Waals surface area contributed by atoms with Gasteiger partial charge in [0.2, 0.25) is 0 Å². The molecular weight excluding hydrogens is 162 g/mol. The lowest BCUT2D eigenvalue weighted by atomic mass is 9.96. The average molecular weight is 177 g/mol. The molecule has 0 bridgehead atoms. The van der Waals surface area contributed by atoms with Crippen LogP contribution in [0.5, 0.6) is 0 Å². The summed E-state index contributed by atoms with van der Waals surface area (Å²) in [5.41, 5.74) is 1.56. The predicted octanol–water partition coefficient (Wildman–Crippen LogP) is 2.57. The van der Waals surface area contributed by atoms with Gasteiger partial charge in [-0.05, 0) is 29.9 Å². The van der Waals surface area contributed by atoms with Crippen LogP contribution in [0.1, 0.15) is 31.4 Å². The first-order valence-electron chi connectivity index (χ1n) is 4.69. The lowest BCUT2D eigenvalue weighted by Gasteiger charge is -2.21. The van der Waals surface area contributed by atoms with Crippen LogP contribution in [0.3, 0.4) is 0 Å². The van der Waals surface area contributed by atoms with Crippen LogP contribution < -0.4 is 0 Å². The first-order valence-corrected chi connectivity index (χ1v) is 4.69. The molecule has 2 nitrogen and oxygen atoms in total. The van der Waals surface area contributed by atoms with Crippen molar-refractivity contribution in [2.24, 2.45) is 5.41 Å². The molecule has 70 valence electrons. The molecule has 0 radical (unpaired) electrons. The van der Waals surface area contributed by atoms with E-state index in [2.05, 4.69) is 18.0 Å². The summed E-state index contributed by atoms with van der Waals surface area (Å²) in [5.74, 6) is 0. The van der Waals surface area contributed by atoms with Gasteiger partial charge in [-0.25, -0.2) is 0 Å². The van der Waals surface area contributed by atoms with E-state index >= 15 is 0 Å². The van der Waals surface area contributed by atoms with Crippen LogP contribution >= 0.6 is 0 Å². The molecule has 0 N–H and O–H groups in total. The monoisotopic (exact) mass is 177 g/mol. The Labute approximate surface area is 78.9 Å². The Kier molecular flexibility index (Phi) is 2.08. The molecule has 0 spiro atoms. The predicted molar refractivity (Wildman–Crippen MR) is 51.3 cm³/mol. The molecule has 0 aliphatic heterocycles. The number of nitrogens with zero attached hydrogens (tertiary/aromatic N) is 1. The third-order valence-electron chi connectivity index (χ3n) is 2.89. The van der Waals surface area contributed by atoms with Gasteiger partial charge in [0.15, 0.2) is 0 Å². The SMILES string of the molecule is COC(c1cccnc1)C1(C)CC1. The lowest BCUT2D eigenvalue weighted by Crippen LogP contribution is -2.12. The van der Waals surface area contributed by atoms with Gasteiger partial charge in [-0.15, -0.1) is 0 Å². The molecule has 2 heteroatoms. The third kappa shape index (κ3) is 1.59. The normalized spacial score (nSPS) is 21.1. The van der Waals surface area contributed by atoms with Gasteiger partial charge < -0.3 is 4.74 Å². The van der Waals surface area contributed by atoms with Crippen molar-refractivity contribution < 1.29 is 4.74 Å². The molecule has 1 heterocycles. The molecule has 1 aliphatic rings. The fourth-order valence-electron chi connectivity index (χ4n) is 1.81. The molecule has 2 rings (SSSR count). The van der Waals surface area contributed by atoms with Gasteiger partial charge in [0.1, 0.15) is 0 Å². The van der Waals surface area contributed by atoms with Crippen LogP contribution in [-0.4, -0.2) is 12.1 Å². The van der Waals surface area contributed by atoms with Crippen molar-refractivity contribution in [2.45, 2.75) is 25.9 Å². The molecule has 1 saturated carbocycles. The first-order chi connectivity index (χ1) is 6.26. The van der Waals surface area contributed by atoms with E-state index in [0.717, 1.165) is 0 Å². The number of ether oxygens (including phenoxy) is 1. The van der Waals surface area contributed by atoms with Crippen molar-refractivity contribution in [2.75, 3.05) is 7.11 Å². The Morgan fingerprint density at radius 3 is 2.77 bits per heavy atom. The zero-order chi connectivity index (χ0) is 9.31. The van der Waals surface area contributed by atoms with Crippen molar-refractivity contribution in [1.29, 1.82) is 0 Å². The van der Waals surface area contributed by atoms with Crippen molar-refractivity contribution in [3.05, 3.63) is 30.1 Å². The van der Waals surface area contributed by atoms with E-state index < -0.39 is 0 Å². The average Bonchev–Trinajstić information content (AvgIpc) is 2.87. The Bertz CT molecular complexity index is 279. The first kappa shape index (κ1) is 8.70. The Morgan fingerprint density at radius 2 is 2.31 bits per heavy atom. The highest BCUT2D eigenvalue weighted by atomic mass is 16.5. The summed E-state index contributed by atoms with van der Waals surface area (Å²) in [5, 5.41) is 0. The van der Waals surface area contributed by atoms with Gasteiger partial charge in [-0.3, -0.25) is 4.98 Å². The zero-order valence-corrected chi connectivity index (χ0v) is 8.16. The summed E-state index contributed by atoms with van der Waals surface area (Å²) in [6.45, 7) is 2.27. The number of aromatic nitrogens is 1. The van der Waals surface area contributed by atoms with Gasteiger partial charge in [0.25, 0.3) is 0 Å². The highest BCUT2D eigenvalue weighted by molar-refractivity contribution is 5.18. The molecule has 1 atom stereocenters. The molecule has 1 aromatic heterocycles. The summed E-state index contributed by atoms with van der Waals surface area (Å²) in [6, 6.07) is 4.05.